The number of nitrogens with one attached hydrogen (secondary N) is 1. The number of hydrogen-bond donors (Lipinski definition) is 1. The molecule has 1 unspecified atom stereocenters. The lowest BCUT2D eigenvalue weighted by Crippen LogP contribution is -2.43. The van der Waals surface area contributed by atoms with Crippen LogP contribution in [-0.4, -0.2) is 61.7 Å². The first-order chi connectivity index (χ1) is 14.0. The highest BCUT2D eigenvalue weighted by molar-refractivity contribution is 7.10. The number of hydrogen-bond acceptors (Lipinski definition) is 8. The van der Waals surface area contributed by atoms with E-state index in [0.29, 0.717) is 19.8 Å². The molecule has 9 nitrogen and oxygen atoms in total. The smallest absolute Gasteiger partial charge is 0.338 e. The molecule has 1 aliphatic heterocycles. The van der Waals surface area contributed by atoms with Gasteiger partial charge in [-0.2, -0.15) is 0 Å². The van der Waals surface area contributed by atoms with Crippen LogP contribution in [0.2, 0.25) is 0 Å². The molecule has 2 heterocycles. The molecule has 2 aromatic rings. The Kier molecular flexibility index (Phi) is 6.91. The van der Waals surface area contributed by atoms with E-state index in [1.807, 2.05) is 17.5 Å². The second kappa shape index (κ2) is 9.59. The molecule has 29 heavy (non-hydrogen) atoms. The summed E-state index contributed by atoms with van der Waals surface area (Å²) in [5.41, 5.74) is -0.359. The van der Waals surface area contributed by atoms with E-state index in [2.05, 4.69) is 15.0 Å². The normalized spacial score (nSPS) is 15.5. The number of methoxy groups -OCH3 is 1. The van der Waals surface area contributed by atoms with E-state index in [9.17, 15) is 19.7 Å². The van der Waals surface area contributed by atoms with Crippen molar-refractivity contribution in [2.75, 3.05) is 40.0 Å². The molecule has 154 valence electrons. The van der Waals surface area contributed by atoms with Crippen LogP contribution < -0.4 is 5.32 Å². The number of carbonyl (C=O) groups excluding carboxylic acids is 2. The maximum atomic E-state index is 12.7. The summed E-state index contributed by atoms with van der Waals surface area (Å²) in [6.45, 7) is 3.09. The van der Waals surface area contributed by atoms with Gasteiger partial charge in [0, 0.05) is 42.2 Å². The van der Waals surface area contributed by atoms with Crippen LogP contribution in [0.4, 0.5) is 5.69 Å². The Bertz CT molecular complexity index is 880. The maximum Gasteiger partial charge on any atom is 0.338 e. The summed E-state index contributed by atoms with van der Waals surface area (Å²) in [4.78, 5) is 38.4. The first kappa shape index (κ1) is 20.9. The SMILES string of the molecule is COC(=O)c1cc(C(=O)NCC(c2cccs2)N2CCOCC2)cc([N+](=O)[O-])c1. The third-order valence-electron chi connectivity index (χ3n) is 4.63. The van der Waals surface area contributed by atoms with Crippen LogP contribution in [0, 0.1) is 10.1 Å². The van der Waals surface area contributed by atoms with E-state index >= 15 is 0 Å². The summed E-state index contributed by atoms with van der Waals surface area (Å²) in [6, 6.07) is 7.48. The van der Waals surface area contributed by atoms with Gasteiger partial charge in [-0.05, 0) is 17.5 Å². The van der Waals surface area contributed by atoms with E-state index < -0.39 is 16.8 Å². The molecule has 0 spiro atoms. The zero-order valence-electron chi connectivity index (χ0n) is 15.8. The van der Waals surface area contributed by atoms with Gasteiger partial charge in [-0.15, -0.1) is 11.3 Å². The number of amides is 1. The topological polar surface area (TPSA) is 111 Å². The van der Waals surface area contributed by atoms with Gasteiger partial charge in [-0.3, -0.25) is 19.8 Å². The third kappa shape index (κ3) is 5.17. The zero-order chi connectivity index (χ0) is 20.8. The number of thiophene rings is 1. The zero-order valence-corrected chi connectivity index (χ0v) is 16.6. The summed E-state index contributed by atoms with van der Waals surface area (Å²) in [7, 11) is 1.18. The van der Waals surface area contributed by atoms with Crippen molar-refractivity contribution in [3.05, 3.63) is 61.8 Å². The lowest BCUT2D eigenvalue weighted by Gasteiger charge is -2.34. The number of rotatable bonds is 7. The fraction of sp³-hybridized carbons (Fsp3) is 0.368. The molecule has 1 aromatic carbocycles. The quantitative estimate of drug-likeness (QED) is 0.416. The average Bonchev–Trinajstić information content (AvgIpc) is 3.28. The fourth-order valence-corrected chi connectivity index (χ4v) is 4.02. The van der Waals surface area contributed by atoms with Crippen LogP contribution in [0.1, 0.15) is 31.6 Å². The highest BCUT2D eigenvalue weighted by Gasteiger charge is 2.25. The first-order valence-corrected chi connectivity index (χ1v) is 9.88. The lowest BCUT2D eigenvalue weighted by molar-refractivity contribution is -0.384. The Morgan fingerprint density at radius 1 is 1.31 bits per heavy atom. The minimum absolute atomic E-state index is 0.0263. The molecular formula is C19H21N3O6S. The van der Waals surface area contributed by atoms with Gasteiger partial charge in [0.15, 0.2) is 0 Å². The van der Waals surface area contributed by atoms with E-state index in [-0.39, 0.29) is 22.9 Å². The Hall–Kier alpha value is -2.82. The summed E-state index contributed by atoms with van der Waals surface area (Å²) in [5.74, 6) is -1.24. The van der Waals surface area contributed by atoms with Gasteiger partial charge in [-0.1, -0.05) is 6.07 Å². The van der Waals surface area contributed by atoms with Crippen molar-refractivity contribution in [1.82, 2.24) is 10.2 Å². The average molecular weight is 419 g/mol. The van der Waals surface area contributed by atoms with Gasteiger partial charge in [0.25, 0.3) is 11.6 Å². The number of carbonyl (C=O) groups is 2. The number of nitrogens with zero attached hydrogens (tertiary/aromatic N) is 2. The predicted molar refractivity (Wildman–Crippen MR) is 106 cm³/mol. The fourth-order valence-electron chi connectivity index (χ4n) is 3.15. The highest BCUT2D eigenvalue weighted by Crippen LogP contribution is 2.26. The molecule has 1 amide bonds. The molecule has 0 saturated carbocycles. The highest BCUT2D eigenvalue weighted by atomic mass is 32.1. The minimum Gasteiger partial charge on any atom is -0.465 e. The van der Waals surface area contributed by atoms with Crippen molar-refractivity contribution < 1.29 is 24.0 Å². The molecule has 1 atom stereocenters. The van der Waals surface area contributed by atoms with E-state index in [0.717, 1.165) is 30.1 Å². The number of morpholine rings is 1. The van der Waals surface area contributed by atoms with E-state index in [1.165, 1.54) is 13.2 Å². The van der Waals surface area contributed by atoms with Crippen molar-refractivity contribution in [3.8, 4) is 0 Å². The molecule has 3 rings (SSSR count). The van der Waals surface area contributed by atoms with Crippen molar-refractivity contribution in [2.45, 2.75) is 6.04 Å². The van der Waals surface area contributed by atoms with E-state index in [4.69, 9.17) is 4.74 Å². The van der Waals surface area contributed by atoms with Crippen molar-refractivity contribution in [3.63, 3.8) is 0 Å². The van der Waals surface area contributed by atoms with Crippen LogP contribution in [0.15, 0.2) is 35.7 Å². The third-order valence-corrected chi connectivity index (χ3v) is 5.60. The molecule has 1 fully saturated rings. The number of nitro benzene ring substituents is 1. The summed E-state index contributed by atoms with van der Waals surface area (Å²) >= 11 is 1.60. The van der Waals surface area contributed by atoms with Crippen molar-refractivity contribution >= 4 is 28.9 Å². The Labute approximate surface area is 171 Å². The van der Waals surface area contributed by atoms with Crippen LogP contribution >= 0.6 is 11.3 Å². The Morgan fingerprint density at radius 3 is 2.66 bits per heavy atom. The molecule has 1 aliphatic rings. The van der Waals surface area contributed by atoms with Gasteiger partial charge in [0.1, 0.15) is 0 Å². The second-order valence-electron chi connectivity index (χ2n) is 6.41. The summed E-state index contributed by atoms with van der Waals surface area (Å²) in [5, 5.41) is 16.0. The number of benzene rings is 1. The van der Waals surface area contributed by atoms with Gasteiger partial charge in [-0.25, -0.2) is 4.79 Å². The van der Waals surface area contributed by atoms with E-state index in [1.54, 1.807) is 11.3 Å². The van der Waals surface area contributed by atoms with Gasteiger partial charge in [0.05, 0.1) is 36.9 Å². The van der Waals surface area contributed by atoms with Crippen LogP contribution in [0.3, 0.4) is 0 Å². The standard InChI is InChI=1S/C19H21N3O6S/c1-27-19(24)14-9-13(10-15(11-14)22(25)26)18(23)20-12-16(17-3-2-8-29-17)21-4-6-28-7-5-21/h2-3,8-11,16H,4-7,12H2,1H3,(H,20,23). The Balaban J connectivity index is 1.78. The molecule has 1 N–H and O–H groups in total. The van der Waals surface area contributed by atoms with Crippen molar-refractivity contribution in [2.24, 2.45) is 0 Å². The largest absolute Gasteiger partial charge is 0.465 e. The van der Waals surface area contributed by atoms with Crippen LogP contribution in [-0.2, 0) is 9.47 Å². The lowest BCUT2D eigenvalue weighted by atomic mass is 10.1. The van der Waals surface area contributed by atoms with Gasteiger partial charge < -0.3 is 14.8 Å². The second-order valence-corrected chi connectivity index (χ2v) is 7.39. The predicted octanol–water partition coefficient (Wildman–Crippen LogP) is 2.25. The molecule has 0 radical (unpaired) electrons. The van der Waals surface area contributed by atoms with Gasteiger partial charge >= 0.3 is 5.97 Å². The molecular weight excluding hydrogens is 398 g/mol. The molecule has 0 bridgehead atoms. The first-order valence-electron chi connectivity index (χ1n) is 9.01. The minimum atomic E-state index is -0.743. The van der Waals surface area contributed by atoms with Crippen LogP contribution in [0.25, 0.3) is 0 Å². The van der Waals surface area contributed by atoms with Crippen molar-refractivity contribution in [1.29, 1.82) is 0 Å². The number of non-ortho nitro benzene ring substituents is 1. The Morgan fingerprint density at radius 2 is 2.03 bits per heavy atom. The summed E-state index contributed by atoms with van der Waals surface area (Å²) < 4.78 is 10.0. The number of ether oxygens (including phenoxy) is 2. The monoisotopic (exact) mass is 419 g/mol. The number of nitro groups is 1. The van der Waals surface area contributed by atoms with Crippen LogP contribution in [0.5, 0.6) is 0 Å². The van der Waals surface area contributed by atoms with Gasteiger partial charge in [0.2, 0.25) is 0 Å². The molecule has 0 aliphatic carbocycles. The molecule has 1 saturated heterocycles. The number of esters is 1. The molecule has 10 heteroatoms. The summed E-state index contributed by atoms with van der Waals surface area (Å²) in [6.07, 6.45) is 0. The maximum absolute atomic E-state index is 12.7. The molecule has 1 aromatic heterocycles.